The third-order valence-electron chi connectivity index (χ3n) is 7.29. The highest BCUT2D eigenvalue weighted by Gasteiger charge is 2.55. The van der Waals surface area contributed by atoms with Crippen LogP contribution >= 0.6 is 0 Å². The molecule has 3 saturated heterocycles. The first-order valence-corrected chi connectivity index (χ1v) is 10.3. The molecule has 2 unspecified atom stereocenters. The predicted molar refractivity (Wildman–Crippen MR) is 100 cm³/mol. The molecule has 4 fully saturated rings. The smallest absolute Gasteiger partial charge is 0.241 e. The summed E-state index contributed by atoms with van der Waals surface area (Å²) in [6.45, 7) is 0.887. The second kappa shape index (κ2) is 6.57. The molecule has 2 bridgehead atoms. The standard InChI is InChI=1S/C21H27N5O/c22-11-18-7-13-10-19(13)26(18)21(27)20(23)14-8-16-4-5-17(9-14)25(16)12-15-3-1-2-6-24-15/h1-3,6,13-14,16-20H,4-5,7-10,12,23H2/t13-,14?,16?,17?,18+,19+,20+/m1/s1. The van der Waals surface area contributed by atoms with Gasteiger partial charge in [-0.15, -0.1) is 0 Å². The summed E-state index contributed by atoms with van der Waals surface area (Å²) in [7, 11) is 0. The SMILES string of the molecule is N#C[C@@H]1C[C@@H]2C[C@@H]2N1C(=O)[C@@H](N)C1CC2CCC(C1)N2Cc1ccccn1. The van der Waals surface area contributed by atoms with Crippen LogP contribution in [0.2, 0.25) is 0 Å². The molecular weight excluding hydrogens is 338 g/mol. The Morgan fingerprint density at radius 2 is 2.04 bits per heavy atom. The average Bonchev–Trinajstić information content (AvgIpc) is 3.31. The zero-order valence-corrected chi connectivity index (χ0v) is 15.6. The molecule has 0 spiro atoms. The second-order valence-corrected chi connectivity index (χ2v) is 8.82. The summed E-state index contributed by atoms with van der Waals surface area (Å²) >= 11 is 0. The fraction of sp³-hybridized carbons (Fsp3) is 0.667. The number of carbonyl (C=O) groups excluding carboxylic acids is 1. The van der Waals surface area contributed by atoms with Gasteiger partial charge in [0.25, 0.3) is 0 Å². The number of nitrogens with two attached hydrogens (primary N) is 1. The van der Waals surface area contributed by atoms with Crippen LogP contribution < -0.4 is 5.73 Å². The molecule has 4 aliphatic rings. The van der Waals surface area contributed by atoms with E-state index in [1.54, 1.807) is 0 Å². The first-order valence-electron chi connectivity index (χ1n) is 10.3. The van der Waals surface area contributed by atoms with Crippen LogP contribution in [-0.4, -0.2) is 50.9 Å². The zero-order chi connectivity index (χ0) is 18.5. The fourth-order valence-electron chi connectivity index (χ4n) is 5.81. The molecule has 3 aliphatic heterocycles. The molecule has 5 rings (SSSR count). The lowest BCUT2D eigenvalue weighted by atomic mass is 9.84. The van der Waals surface area contributed by atoms with Crippen LogP contribution in [0.4, 0.5) is 0 Å². The summed E-state index contributed by atoms with van der Waals surface area (Å²) in [5, 5.41) is 9.39. The number of rotatable bonds is 4. The van der Waals surface area contributed by atoms with Crippen molar-refractivity contribution in [3.63, 3.8) is 0 Å². The minimum atomic E-state index is -0.458. The molecule has 1 aliphatic carbocycles. The normalized spacial score (nSPS) is 38.3. The molecule has 1 amide bonds. The van der Waals surface area contributed by atoms with Crippen LogP contribution in [0.1, 0.15) is 44.2 Å². The maximum Gasteiger partial charge on any atom is 0.241 e. The van der Waals surface area contributed by atoms with Crippen molar-refractivity contribution in [2.75, 3.05) is 0 Å². The molecule has 6 atom stereocenters. The van der Waals surface area contributed by atoms with Crippen molar-refractivity contribution in [1.29, 1.82) is 5.26 Å². The molecule has 1 aromatic rings. The highest BCUT2D eigenvalue weighted by Crippen LogP contribution is 2.48. The average molecular weight is 365 g/mol. The van der Waals surface area contributed by atoms with Crippen LogP contribution in [0.15, 0.2) is 24.4 Å². The third kappa shape index (κ3) is 2.94. The Hall–Kier alpha value is -1.97. The summed E-state index contributed by atoms with van der Waals surface area (Å²) in [4.78, 5) is 22.0. The van der Waals surface area contributed by atoms with E-state index in [1.807, 2.05) is 23.2 Å². The molecule has 0 aromatic carbocycles. The van der Waals surface area contributed by atoms with Crippen molar-refractivity contribution in [2.45, 2.75) is 75.3 Å². The van der Waals surface area contributed by atoms with E-state index in [0.717, 1.165) is 37.9 Å². The predicted octanol–water partition coefficient (Wildman–Crippen LogP) is 1.66. The van der Waals surface area contributed by atoms with Gasteiger partial charge in [0.2, 0.25) is 5.91 Å². The number of carbonyl (C=O) groups is 1. The molecule has 4 heterocycles. The maximum absolute atomic E-state index is 13.1. The molecule has 1 saturated carbocycles. The van der Waals surface area contributed by atoms with Crippen LogP contribution in [0.5, 0.6) is 0 Å². The van der Waals surface area contributed by atoms with Gasteiger partial charge in [-0.3, -0.25) is 14.7 Å². The summed E-state index contributed by atoms with van der Waals surface area (Å²) in [6, 6.07) is 8.95. The molecule has 0 radical (unpaired) electrons. The molecule has 27 heavy (non-hydrogen) atoms. The van der Waals surface area contributed by atoms with Crippen LogP contribution in [0.25, 0.3) is 0 Å². The Labute approximate surface area is 160 Å². The summed E-state index contributed by atoms with van der Waals surface area (Å²) in [5.41, 5.74) is 7.60. The van der Waals surface area contributed by atoms with Crippen molar-refractivity contribution in [3.05, 3.63) is 30.1 Å². The molecule has 6 heteroatoms. The van der Waals surface area contributed by atoms with Gasteiger partial charge < -0.3 is 10.6 Å². The molecule has 1 aromatic heterocycles. The Bertz CT molecular complexity index is 748. The Kier molecular flexibility index (Phi) is 4.18. The summed E-state index contributed by atoms with van der Waals surface area (Å²) < 4.78 is 0. The van der Waals surface area contributed by atoms with E-state index in [-0.39, 0.29) is 23.9 Å². The van der Waals surface area contributed by atoms with Gasteiger partial charge in [0.1, 0.15) is 6.04 Å². The van der Waals surface area contributed by atoms with E-state index in [9.17, 15) is 10.1 Å². The summed E-state index contributed by atoms with van der Waals surface area (Å²) in [5.74, 6) is 0.795. The van der Waals surface area contributed by atoms with E-state index in [2.05, 4.69) is 22.0 Å². The van der Waals surface area contributed by atoms with Crippen molar-refractivity contribution >= 4 is 5.91 Å². The third-order valence-corrected chi connectivity index (χ3v) is 7.29. The van der Waals surface area contributed by atoms with Gasteiger partial charge in [0.05, 0.1) is 17.8 Å². The number of amides is 1. The topological polar surface area (TPSA) is 86.2 Å². The number of aromatic nitrogens is 1. The number of fused-ring (bicyclic) bond motifs is 3. The number of nitriles is 1. The molecular formula is C21H27N5O. The van der Waals surface area contributed by atoms with E-state index >= 15 is 0 Å². The largest absolute Gasteiger partial charge is 0.322 e. The number of hydrogen-bond acceptors (Lipinski definition) is 5. The lowest BCUT2D eigenvalue weighted by molar-refractivity contribution is -0.135. The van der Waals surface area contributed by atoms with Crippen molar-refractivity contribution in [3.8, 4) is 6.07 Å². The van der Waals surface area contributed by atoms with Crippen LogP contribution in [-0.2, 0) is 11.3 Å². The van der Waals surface area contributed by atoms with Crippen LogP contribution in [0.3, 0.4) is 0 Å². The number of piperidine rings is 2. The van der Waals surface area contributed by atoms with Gasteiger partial charge in [-0.05, 0) is 62.5 Å². The van der Waals surface area contributed by atoms with Crippen molar-refractivity contribution in [1.82, 2.24) is 14.8 Å². The minimum Gasteiger partial charge on any atom is -0.322 e. The lowest BCUT2D eigenvalue weighted by Crippen LogP contribution is -2.54. The first-order chi connectivity index (χ1) is 13.2. The quantitative estimate of drug-likeness (QED) is 0.877. The van der Waals surface area contributed by atoms with Crippen molar-refractivity contribution < 1.29 is 4.79 Å². The van der Waals surface area contributed by atoms with Gasteiger partial charge in [0.15, 0.2) is 0 Å². The van der Waals surface area contributed by atoms with Gasteiger partial charge in [-0.25, -0.2) is 0 Å². The number of likely N-dealkylation sites (tertiary alicyclic amines) is 1. The highest BCUT2D eigenvalue weighted by molar-refractivity contribution is 5.84. The zero-order valence-electron chi connectivity index (χ0n) is 15.6. The van der Waals surface area contributed by atoms with Crippen molar-refractivity contribution in [2.24, 2.45) is 17.6 Å². The maximum atomic E-state index is 13.1. The first kappa shape index (κ1) is 17.2. The highest BCUT2D eigenvalue weighted by atomic mass is 16.2. The molecule has 142 valence electrons. The number of hydrogen-bond donors (Lipinski definition) is 1. The second-order valence-electron chi connectivity index (χ2n) is 8.82. The van der Waals surface area contributed by atoms with E-state index in [4.69, 9.17) is 5.73 Å². The van der Waals surface area contributed by atoms with E-state index in [0.29, 0.717) is 18.0 Å². The number of pyridine rings is 1. The Morgan fingerprint density at radius 1 is 1.26 bits per heavy atom. The van der Waals surface area contributed by atoms with Gasteiger partial charge in [0, 0.05) is 30.9 Å². The monoisotopic (exact) mass is 365 g/mol. The Morgan fingerprint density at radius 3 is 2.70 bits per heavy atom. The lowest BCUT2D eigenvalue weighted by Gasteiger charge is -2.41. The summed E-state index contributed by atoms with van der Waals surface area (Å²) in [6.07, 6.45) is 8.09. The molecule has 6 nitrogen and oxygen atoms in total. The minimum absolute atomic E-state index is 0.0223. The van der Waals surface area contributed by atoms with Crippen LogP contribution in [0, 0.1) is 23.2 Å². The molecule has 2 N–H and O–H groups in total. The Balaban J connectivity index is 1.25. The van der Waals surface area contributed by atoms with Gasteiger partial charge in [-0.2, -0.15) is 5.26 Å². The van der Waals surface area contributed by atoms with E-state index in [1.165, 1.54) is 12.8 Å². The fourth-order valence-corrected chi connectivity index (χ4v) is 5.81. The van der Waals surface area contributed by atoms with Gasteiger partial charge in [-0.1, -0.05) is 6.07 Å². The van der Waals surface area contributed by atoms with E-state index < -0.39 is 6.04 Å². The number of nitrogens with zero attached hydrogens (tertiary/aromatic N) is 4. The van der Waals surface area contributed by atoms with Gasteiger partial charge >= 0.3 is 0 Å².